The van der Waals surface area contributed by atoms with Crippen LogP contribution >= 0.6 is 11.3 Å². The van der Waals surface area contributed by atoms with Crippen LogP contribution in [-0.4, -0.2) is 35.2 Å². The summed E-state index contributed by atoms with van der Waals surface area (Å²) in [5.41, 5.74) is 2.98. The van der Waals surface area contributed by atoms with Gasteiger partial charge in [0.2, 0.25) is 5.88 Å². The smallest absolute Gasteiger partial charge is 0.241 e. The number of hydrogen-bond donors (Lipinski definition) is 0. The number of thiazole rings is 1. The van der Waals surface area contributed by atoms with Gasteiger partial charge in [-0.25, -0.2) is 9.97 Å². The Labute approximate surface area is 179 Å². The summed E-state index contributed by atoms with van der Waals surface area (Å²) in [5.74, 6) is 1.65. The van der Waals surface area contributed by atoms with E-state index in [1.807, 2.05) is 49.5 Å². The lowest BCUT2D eigenvalue weighted by Gasteiger charge is -2.22. The Bertz CT molecular complexity index is 1110. The molecule has 1 aliphatic rings. The second-order valence-corrected chi connectivity index (χ2v) is 8.26. The van der Waals surface area contributed by atoms with Crippen LogP contribution in [0, 0.1) is 0 Å². The molecule has 0 aliphatic carbocycles. The molecule has 7 heteroatoms. The minimum atomic E-state index is 0.326. The standard InChI is InChI=1S/C23H22N4O2S/c1-27(23-26-19-4-2-3-5-20(19)30-23)17-6-8-18(9-7-17)29-22-21(24-12-13-25-22)16-10-14-28-15-11-16/h2-9,12-13,16H,10-11,14-15H2,1H3. The SMILES string of the molecule is CN(c1ccc(Oc2nccnc2C2CCOCC2)cc1)c1nc2ccccc2s1. The zero-order valence-corrected chi connectivity index (χ0v) is 17.5. The van der Waals surface area contributed by atoms with Crippen LogP contribution in [0.5, 0.6) is 11.6 Å². The highest BCUT2D eigenvalue weighted by Crippen LogP contribution is 2.35. The highest BCUT2D eigenvalue weighted by Gasteiger charge is 2.22. The number of nitrogens with zero attached hydrogens (tertiary/aromatic N) is 4. The number of ether oxygens (including phenoxy) is 2. The van der Waals surface area contributed by atoms with Crippen molar-refractivity contribution in [3.8, 4) is 11.6 Å². The normalized spacial score (nSPS) is 14.7. The summed E-state index contributed by atoms with van der Waals surface area (Å²) in [7, 11) is 2.03. The fourth-order valence-electron chi connectivity index (χ4n) is 3.63. The number of hydrogen-bond acceptors (Lipinski definition) is 7. The van der Waals surface area contributed by atoms with E-state index < -0.39 is 0 Å². The van der Waals surface area contributed by atoms with Gasteiger partial charge in [-0.3, -0.25) is 4.98 Å². The van der Waals surface area contributed by atoms with E-state index in [0.717, 1.165) is 53.8 Å². The monoisotopic (exact) mass is 418 g/mol. The van der Waals surface area contributed by atoms with E-state index in [1.165, 1.54) is 4.70 Å². The maximum atomic E-state index is 6.11. The maximum absolute atomic E-state index is 6.11. The molecule has 0 unspecified atom stereocenters. The first-order valence-corrected chi connectivity index (χ1v) is 10.9. The maximum Gasteiger partial charge on any atom is 0.241 e. The summed E-state index contributed by atoms with van der Waals surface area (Å²) in [6.07, 6.45) is 5.29. The van der Waals surface area contributed by atoms with Crippen LogP contribution in [0.1, 0.15) is 24.5 Å². The predicted molar refractivity (Wildman–Crippen MR) is 119 cm³/mol. The molecular weight excluding hydrogens is 396 g/mol. The van der Waals surface area contributed by atoms with Crippen LogP contribution in [-0.2, 0) is 4.74 Å². The summed E-state index contributed by atoms with van der Waals surface area (Å²) >= 11 is 1.68. The van der Waals surface area contributed by atoms with Crippen molar-refractivity contribution < 1.29 is 9.47 Å². The van der Waals surface area contributed by atoms with Crippen LogP contribution < -0.4 is 9.64 Å². The molecule has 6 nitrogen and oxygen atoms in total. The van der Waals surface area contributed by atoms with Crippen molar-refractivity contribution >= 4 is 32.4 Å². The van der Waals surface area contributed by atoms with Gasteiger partial charge in [-0.1, -0.05) is 23.5 Å². The predicted octanol–water partition coefficient (Wildman–Crippen LogP) is 5.54. The van der Waals surface area contributed by atoms with E-state index in [-0.39, 0.29) is 0 Å². The van der Waals surface area contributed by atoms with Gasteiger partial charge in [0.05, 0.1) is 10.2 Å². The van der Waals surface area contributed by atoms with Gasteiger partial charge in [0.1, 0.15) is 11.4 Å². The minimum absolute atomic E-state index is 0.326. The number of anilines is 2. The molecule has 3 heterocycles. The third kappa shape index (κ3) is 3.86. The molecule has 1 saturated heterocycles. The minimum Gasteiger partial charge on any atom is -0.437 e. The van der Waals surface area contributed by atoms with Gasteiger partial charge in [-0.2, -0.15) is 0 Å². The van der Waals surface area contributed by atoms with Crippen molar-refractivity contribution in [2.45, 2.75) is 18.8 Å². The molecule has 5 rings (SSSR count). The molecule has 0 N–H and O–H groups in total. The summed E-state index contributed by atoms with van der Waals surface area (Å²) in [4.78, 5) is 15.8. The molecule has 0 amide bonds. The molecule has 0 atom stereocenters. The van der Waals surface area contributed by atoms with Crippen molar-refractivity contribution in [1.29, 1.82) is 0 Å². The number of rotatable bonds is 5. The lowest BCUT2D eigenvalue weighted by atomic mass is 9.96. The van der Waals surface area contributed by atoms with E-state index in [4.69, 9.17) is 14.5 Å². The fourth-order valence-corrected chi connectivity index (χ4v) is 4.58. The zero-order chi connectivity index (χ0) is 20.3. The zero-order valence-electron chi connectivity index (χ0n) is 16.7. The molecule has 2 aromatic heterocycles. The average molecular weight is 419 g/mol. The Hall–Kier alpha value is -3.03. The van der Waals surface area contributed by atoms with Gasteiger partial charge in [0.15, 0.2) is 5.13 Å². The number of aromatic nitrogens is 3. The molecule has 0 spiro atoms. The van der Waals surface area contributed by atoms with Crippen molar-refractivity contribution in [2.75, 3.05) is 25.2 Å². The number of benzene rings is 2. The average Bonchev–Trinajstić information content (AvgIpc) is 3.24. The first-order valence-electron chi connectivity index (χ1n) is 10.0. The topological polar surface area (TPSA) is 60.4 Å². The second kappa shape index (κ2) is 8.38. The summed E-state index contributed by atoms with van der Waals surface area (Å²) in [5, 5.41) is 0.959. The van der Waals surface area contributed by atoms with Crippen LogP contribution in [0.2, 0.25) is 0 Å². The Morgan fingerprint density at radius 2 is 1.77 bits per heavy atom. The highest BCUT2D eigenvalue weighted by molar-refractivity contribution is 7.22. The van der Waals surface area contributed by atoms with Gasteiger partial charge in [0.25, 0.3) is 0 Å². The van der Waals surface area contributed by atoms with Gasteiger partial charge >= 0.3 is 0 Å². The summed E-state index contributed by atoms with van der Waals surface area (Å²) in [6.45, 7) is 1.51. The molecule has 0 bridgehead atoms. The summed E-state index contributed by atoms with van der Waals surface area (Å²) in [6, 6.07) is 16.2. The first kappa shape index (κ1) is 19.0. The third-order valence-electron chi connectivity index (χ3n) is 5.31. The quantitative estimate of drug-likeness (QED) is 0.424. The van der Waals surface area contributed by atoms with E-state index >= 15 is 0 Å². The Morgan fingerprint density at radius 1 is 1.00 bits per heavy atom. The molecule has 4 aromatic rings. The van der Waals surface area contributed by atoms with Gasteiger partial charge in [-0.05, 0) is 49.2 Å². The van der Waals surface area contributed by atoms with Crippen LogP contribution in [0.15, 0.2) is 60.9 Å². The first-order chi connectivity index (χ1) is 14.8. The molecule has 1 aliphatic heterocycles. The number of fused-ring (bicyclic) bond motifs is 1. The molecular formula is C23H22N4O2S. The molecule has 1 fully saturated rings. The summed E-state index contributed by atoms with van der Waals surface area (Å²) < 4.78 is 12.8. The highest BCUT2D eigenvalue weighted by atomic mass is 32.1. The van der Waals surface area contributed by atoms with Crippen LogP contribution in [0.4, 0.5) is 10.8 Å². The molecule has 152 valence electrons. The number of para-hydroxylation sites is 1. The molecule has 0 saturated carbocycles. The Kier molecular flexibility index (Phi) is 5.29. The largest absolute Gasteiger partial charge is 0.437 e. The molecule has 0 radical (unpaired) electrons. The fraction of sp³-hybridized carbons (Fsp3) is 0.261. The second-order valence-electron chi connectivity index (χ2n) is 7.25. The van der Waals surface area contributed by atoms with Crippen LogP contribution in [0.3, 0.4) is 0 Å². The van der Waals surface area contributed by atoms with E-state index in [1.54, 1.807) is 23.7 Å². The van der Waals surface area contributed by atoms with E-state index in [0.29, 0.717) is 11.8 Å². The van der Waals surface area contributed by atoms with Gasteiger partial charge in [-0.15, -0.1) is 0 Å². The molecule has 30 heavy (non-hydrogen) atoms. The third-order valence-corrected chi connectivity index (χ3v) is 6.42. The van der Waals surface area contributed by atoms with E-state index in [9.17, 15) is 0 Å². The lowest BCUT2D eigenvalue weighted by Crippen LogP contribution is -2.16. The van der Waals surface area contributed by atoms with E-state index in [2.05, 4.69) is 20.9 Å². The van der Waals surface area contributed by atoms with Gasteiger partial charge in [0, 0.05) is 44.3 Å². The van der Waals surface area contributed by atoms with Crippen molar-refractivity contribution in [3.05, 3.63) is 66.6 Å². The molecule has 2 aromatic carbocycles. The van der Waals surface area contributed by atoms with Crippen molar-refractivity contribution in [3.63, 3.8) is 0 Å². The van der Waals surface area contributed by atoms with Gasteiger partial charge < -0.3 is 14.4 Å². The lowest BCUT2D eigenvalue weighted by molar-refractivity contribution is 0.0839. The van der Waals surface area contributed by atoms with Crippen molar-refractivity contribution in [2.24, 2.45) is 0 Å². The van der Waals surface area contributed by atoms with Crippen LogP contribution in [0.25, 0.3) is 10.2 Å². The van der Waals surface area contributed by atoms with Crippen molar-refractivity contribution in [1.82, 2.24) is 15.0 Å². The Morgan fingerprint density at radius 3 is 2.57 bits per heavy atom. The Balaban J connectivity index is 1.34.